The number of aromatic nitrogens is 1. The molecule has 0 atom stereocenters. The van der Waals surface area contributed by atoms with Crippen LogP contribution in [0.2, 0.25) is 0 Å². The van der Waals surface area contributed by atoms with Crippen LogP contribution in [0.4, 0.5) is 0 Å². The zero-order valence-electron chi connectivity index (χ0n) is 28.2. The van der Waals surface area contributed by atoms with E-state index in [1.807, 2.05) is 114 Å². The van der Waals surface area contributed by atoms with Gasteiger partial charge in [0, 0.05) is 34.9 Å². The summed E-state index contributed by atoms with van der Waals surface area (Å²) in [6.07, 6.45) is 0. The maximum atomic E-state index is 11.6. The van der Waals surface area contributed by atoms with Crippen LogP contribution < -0.4 is 4.57 Å². The van der Waals surface area contributed by atoms with Crippen molar-refractivity contribution in [2.45, 2.75) is 13.8 Å². The second-order valence-corrected chi connectivity index (χ2v) is 12.5. The van der Waals surface area contributed by atoms with E-state index >= 15 is 0 Å². The van der Waals surface area contributed by atoms with Crippen LogP contribution in [0.25, 0.3) is 66.3 Å². The van der Waals surface area contributed by atoms with Gasteiger partial charge in [-0.3, -0.25) is 0 Å². The van der Waals surface area contributed by atoms with Crippen molar-refractivity contribution in [2.24, 2.45) is 0 Å². The third kappa shape index (κ3) is 7.06. The number of phenolic OH excluding ortho intramolecular Hbond substituents is 2. The average molecular weight is 737 g/mol. The second-order valence-electron chi connectivity index (χ2n) is 11.6. The number of hydrogen-bond donors (Lipinski definition) is 2. The molecule has 0 unspecified atom stereocenters. The Morgan fingerprint density at radius 2 is 0.857 bits per heavy atom. The summed E-state index contributed by atoms with van der Waals surface area (Å²) in [6, 6.07) is 44.5. The normalized spacial score (nSPS) is 10.4. The van der Waals surface area contributed by atoms with E-state index in [1.165, 1.54) is 0 Å². The predicted octanol–water partition coefficient (Wildman–Crippen LogP) is 11.6. The molecule has 0 saturated carbocycles. The van der Waals surface area contributed by atoms with E-state index < -0.39 is 0 Å². The Labute approximate surface area is 314 Å². The summed E-state index contributed by atoms with van der Waals surface area (Å²) in [5, 5.41) is 26.3. The number of aromatic hydroxyl groups is 2. The Hall–Kier alpha value is -4.70. The van der Waals surface area contributed by atoms with Crippen molar-refractivity contribution >= 4 is 11.3 Å². The number of phenols is 2. The van der Waals surface area contributed by atoms with Crippen LogP contribution in [-0.4, -0.2) is 10.2 Å². The molecule has 0 aliphatic rings. The summed E-state index contributed by atoms with van der Waals surface area (Å²) in [6.45, 7) is 4.12. The van der Waals surface area contributed by atoms with Gasteiger partial charge in [-0.15, -0.1) is 0 Å². The topological polar surface area (TPSA) is 44.3 Å². The minimum absolute atomic E-state index is 0. The van der Waals surface area contributed by atoms with Gasteiger partial charge in [0.25, 0.3) is 0 Å². The summed E-state index contributed by atoms with van der Waals surface area (Å²) in [5.41, 5.74) is 12.0. The molecule has 1 heterocycles. The van der Waals surface area contributed by atoms with Gasteiger partial charge in [0.05, 0.1) is 0 Å². The minimum atomic E-state index is 0. The fraction of sp³-hybridized carbons (Fsp3) is 0.0455. The maximum Gasteiger partial charge on any atom is 2.00 e. The third-order valence-electron chi connectivity index (χ3n) is 8.44. The van der Waals surface area contributed by atoms with Gasteiger partial charge in [0.15, 0.2) is 5.01 Å². The molecule has 0 aliphatic heterocycles. The van der Waals surface area contributed by atoms with Gasteiger partial charge in [-0.05, 0) is 82.4 Å². The van der Waals surface area contributed by atoms with Gasteiger partial charge in [0.1, 0.15) is 17.2 Å². The number of hydrogen-bond acceptors (Lipinski definition) is 3. The summed E-state index contributed by atoms with van der Waals surface area (Å²) in [4.78, 5) is 0. The quantitative estimate of drug-likeness (QED) is 0.132. The number of nitrogens with zero attached hydrogens (tertiary/aromatic N) is 1. The largest absolute Gasteiger partial charge is 2.00 e. The van der Waals surface area contributed by atoms with Crippen LogP contribution in [0, 0.1) is 35.7 Å². The van der Waals surface area contributed by atoms with E-state index in [1.54, 1.807) is 11.3 Å². The summed E-state index contributed by atoms with van der Waals surface area (Å²) >= 11 is 1.61. The molecule has 242 valence electrons. The molecule has 0 bridgehead atoms. The second kappa shape index (κ2) is 15.7. The van der Waals surface area contributed by atoms with Crippen LogP contribution in [0.1, 0.15) is 11.1 Å². The Morgan fingerprint density at radius 3 is 1.33 bits per heavy atom. The van der Waals surface area contributed by atoms with E-state index in [-0.39, 0.29) is 52.6 Å². The van der Waals surface area contributed by atoms with Crippen molar-refractivity contribution in [3.63, 3.8) is 0 Å². The van der Waals surface area contributed by atoms with Crippen molar-refractivity contribution < 1.29 is 41.0 Å². The Morgan fingerprint density at radius 1 is 0.490 bits per heavy atom. The molecule has 0 spiro atoms. The van der Waals surface area contributed by atoms with Crippen LogP contribution in [-0.2, 0) is 26.2 Å². The van der Waals surface area contributed by atoms with E-state index in [0.29, 0.717) is 0 Å². The monoisotopic (exact) mass is 735 g/mol. The summed E-state index contributed by atoms with van der Waals surface area (Å²) in [7, 11) is 4.52. The number of rotatable bonds is 6. The number of aryl methyl sites for hydroxylation is 2. The first-order chi connectivity index (χ1) is 22.4. The zero-order chi connectivity index (χ0) is 31.8. The average Bonchev–Trinajstić information content (AvgIpc) is 3.47. The van der Waals surface area contributed by atoms with Crippen molar-refractivity contribution in [3.8, 4) is 77.8 Å². The van der Waals surface area contributed by atoms with E-state index in [2.05, 4.69) is 50.5 Å². The first-order valence-electron chi connectivity index (χ1n) is 15.2. The van der Waals surface area contributed by atoms with Crippen molar-refractivity contribution in [1.29, 1.82) is 0 Å². The van der Waals surface area contributed by atoms with E-state index in [9.17, 15) is 10.2 Å². The molecule has 0 amide bonds. The first kappa shape index (κ1) is 37.1. The number of benzene rings is 6. The fourth-order valence-electron chi connectivity index (χ4n) is 6.26. The van der Waals surface area contributed by atoms with Crippen LogP contribution >= 0.6 is 11.3 Å². The Bertz CT molecular complexity index is 2050. The van der Waals surface area contributed by atoms with Gasteiger partial charge in [-0.25, -0.2) is 0 Å². The first-order valence-corrected chi connectivity index (χ1v) is 16.1. The molecule has 0 saturated heterocycles. The third-order valence-corrected chi connectivity index (χ3v) is 9.44. The predicted molar refractivity (Wildman–Crippen MR) is 204 cm³/mol. The van der Waals surface area contributed by atoms with Gasteiger partial charge in [0.2, 0.25) is 0 Å². The summed E-state index contributed by atoms with van der Waals surface area (Å²) in [5.74, 6) is 0.510. The SMILES string of the molecule is [CH2-][n+]1c(-c2ccccc2-c2cc(C)cc(-c3ccccc3)c2O)csc1-c1ccccc1-c1cc(C)cc(-c2ccccc2)c1O.[CH3-].[CH3-].[Zr+2]. The maximum absolute atomic E-state index is 11.6. The molecule has 7 rings (SSSR count). The minimum Gasteiger partial charge on any atom is -0.507 e. The molecular formula is C44H39NO2SZr. The molecule has 6 aromatic carbocycles. The van der Waals surface area contributed by atoms with Gasteiger partial charge in [-0.1, -0.05) is 109 Å². The molecular weight excluding hydrogens is 698 g/mol. The van der Waals surface area contributed by atoms with Gasteiger partial charge in [-0.2, -0.15) is 11.3 Å². The molecule has 1 aromatic heterocycles. The molecule has 7 aromatic rings. The van der Waals surface area contributed by atoms with E-state index in [4.69, 9.17) is 0 Å². The smallest absolute Gasteiger partial charge is 0.507 e. The molecule has 5 heteroatoms. The Kier molecular flexibility index (Phi) is 11.9. The van der Waals surface area contributed by atoms with Crippen molar-refractivity contribution in [1.82, 2.24) is 0 Å². The molecule has 2 N–H and O–H groups in total. The standard InChI is InChI=1S/C42H33NO2S.2CH3.Zr/c1-27-22-35(29-14-6-4-7-15-29)40(44)37(24-27)31-18-10-12-20-33(31)39-26-46-42(43(39)3)34-21-13-11-19-32(34)38-25-28(2)23-36(41(38)45)30-16-8-5-9-17-30;;;/h4-26,44-45H,3H2,1-2H3;2*1H3;/q;2*-1;+2. The van der Waals surface area contributed by atoms with Crippen LogP contribution in [0.5, 0.6) is 11.5 Å². The van der Waals surface area contributed by atoms with Gasteiger partial charge >= 0.3 is 26.2 Å². The molecule has 0 aliphatic carbocycles. The van der Waals surface area contributed by atoms with Crippen LogP contribution in [0.3, 0.4) is 0 Å². The fourth-order valence-corrected chi connectivity index (χ4v) is 7.26. The molecule has 49 heavy (non-hydrogen) atoms. The van der Waals surface area contributed by atoms with Gasteiger partial charge < -0.3 is 29.6 Å². The van der Waals surface area contributed by atoms with E-state index in [0.717, 1.165) is 77.5 Å². The summed E-state index contributed by atoms with van der Waals surface area (Å²) < 4.78 is 1.97. The molecule has 3 nitrogen and oxygen atoms in total. The van der Waals surface area contributed by atoms with Crippen LogP contribution in [0.15, 0.2) is 139 Å². The zero-order valence-corrected chi connectivity index (χ0v) is 31.5. The molecule has 0 fully saturated rings. The number of thiazole rings is 1. The Balaban J connectivity index is 0.00000180. The molecule has 0 radical (unpaired) electrons. The van der Waals surface area contributed by atoms with Crippen molar-refractivity contribution in [2.75, 3.05) is 0 Å². The van der Waals surface area contributed by atoms with Crippen molar-refractivity contribution in [3.05, 3.63) is 172 Å².